The molecule has 1 amide bonds. The quantitative estimate of drug-likeness (QED) is 0.232. The number of nitrogens with one attached hydrogen (secondary N) is 3. The molecule has 0 radical (unpaired) electrons. The summed E-state index contributed by atoms with van der Waals surface area (Å²) < 4.78 is 49.9. The molecule has 13 heteroatoms. The van der Waals surface area contributed by atoms with Gasteiger partial charge in [-0.3, -0.25) is 9.63 Å². The van der Waals surface area contributed by atoms with Gasteiger partial charge in [0.2, 0.25) is 15.9 Å². The summed E-state index contributed by atoms with van der Waals surface area (Å²) >= 11 is 6.08. The zero-order chi connectivity index (χ0) is 29.0. The van der Waals surface area contributed by atoms with Crippen LogP contribution in [0.25, 0.3) is 0 Å². The molecule has 0 aliphatic carbocycles. The predicted octanol–water partition coefficient (Wildman–Crippen LogP) is 4.46. The van der Waals surface area contributed by atoms with E-state index in [9.17, 15) is 22.4 Å². The van der Waals surface area contributed by atoms with Crippen LogP contribution in [0.4, 0.5) is 4.39 Å². The number of aryl methyl sites for hydroxylation is 1. The van der Waals surface area contributed by atoms with Gasteiger partial charge in [0.05, 0.1) is 17.1 Å². The first-order valence-electron chi connectivity index (χ1n) is 12.1. The van der Waals surface area contributed by atoms with Crippen molar-refractivity contribution in [3.05, 3.63) is 116 Å². The van der Waals surface area contributed by atoms with Crippen LogP contribution in [-0.4, -0.2) is 24.5 Å². The molecule has 0 spiro atoms. The van der Waals surface area contributed by atoms with E-state index in [0.717, 1.165) is 17.2 Å². The molecule has 0 aliphatic heterocycles. The fraction of sp³-hybridized carbons (Fsp3) is 0.222. The minimum Gasteiger partial charge on any atom is -0.391 e. The van der Waals surface area contributed by atoms with Crippen molar-refractivity contribution in [1.82, 2.24) is 20.4 Å². The highest BCUT2D eigenvalue weighted by atomic mass is 35.5. The Hall–Kier alpha value is -3.84. The molecule has 4 aromatic rings. The van der Waals surface area contributed by atoms with E-state index in [1.54, 1.807) is 51.1 Å². The first kappa shape index (κ1) is 29.2. The number of nitrogens with zero attached hydrogens (tertiary/aromatic N) is 1. The number of hydroxylamine groups is 1. The number of aromatic nitrogens is 2. The molecule has 10 nitrogen and oxygen atoms in total. The van der Waals surface area contributed by atoms with E-state index < -0.39 is 44.4 Å². The molecular formula is C27H26ClFN4O6S. The second-order valence-corrected chi connectivity index (χ2v) is 11.2. The number of carbonyl (C=O) groups excluding carboxylic acids is 1. The van der Waals surface area contributed by atoms with Gasteiger partial charge in [0.1, 0.15) is 11.9 Å². The molecule has 0 unspecified atom stereocenters. The molecule has 3 N–H and O–H groups in total. The molecule has 3 aromatic carbocycles. The minimum atomic E-state index is -4.52. The van der Waals surface area contributed by atoms with Crippen molar-refractivity contribution in [3.63, 3.8) is 0 Å². The summed E-state index contributed by atoms with van der Waals surface area (Å²) in [6.45, 7) is 5.09. The summed E-state index contributed by atoms with van der Waals surface area (Å²) in [6.07, 6.45) is 0. The summed E-state index contributed by atoms with van der Waals surface area (Å²) in [4.78, 5) is 29.6. The fourth-order valence-electron chi connectivity index (χ4n) is 4.23. The fourth-order valence-corrected chi connectivity index (χ4v) is 5.86. The zero-order valence-electron chi connectivity index (χ0n) is 21.7. The Kier molecular flexibility index (Phi) is 8.84. The number of hydrogen-bond acceptors (Lipinski definition) is 7. The average Bonchev–Trinajstić information content (AvgIpc) is 3.35. The highest BCUT2D eigenvalue weighted by Crippen LogP contribution is 2.35. The Morgan fingerprint density at radius 3 is 2.55 bits per heavy atom. The summed E-state index contributed by atoms with van der Waals surface area (Å²) in [5.74, 6) is -3.56. The number of rotatable bonds is 10. The first-order valence-corrected chi connectivity index (χ1v) is 13.9. The molecule has 0 bridgehead atoms. The molecule has 1 aromatic heterocycles. The number of H-pyrrole nitrogens is 1. The zero-order valence-corrected chi connectivity index (χ0v) is 23.3. The van der Waals surface area contributed by atoms with Gasteiger partial charge in [0.15, 0.2) is 0 Å². The Bertz CT molecular complexity index is 1690. The van der Waals surface area contributed by atoms with Crippen molar-refractivity contribution in [3.8, 4) is 0 Å². The Morgan fingerprint density at radius 1 is 1.15 bits per heavy atom. The lowest BCUT2D eigenvalue weighted by Crippen LogP contribution is -2.34. The van der Waals surface area contributed by atoms with Crippen LogP contribution >= 0.6 is 11.6 Å². The first-order chi connectivity index (χ1) is 19.0. The van der Waals surface area contributed by atoms with E-state index in [1.165, 1.54) is 18.2 Å². The number of carbonyl (C=O) groups is 1. The van der Waals surface area contributed by atoms with Gasteiger partial charge in [0, 0.05) is 10.9 Å². The third-order valence-electron chi connectivity index (χ3n) is 6.41. The van der Waals surface area contributed by atoms with E-state index in [1.807, 2.05) is 6.07 Å². The molecular weight excluding hydrogens is 563 g/mol. The highest BCUT2D eigenvalue weighted by Gasteiger charge is 2.35. The number of hydrogen-bond donors (Lipinski definition) is 3. The largest absolute Gasteiger partial charge is 0.434 e. The number of benzene rings is 3. The third-order valence-corrected chi connectivity index (χ3v) is 8.15. The van der Waals surface area contributed by atoms with Crippen LogP contribution in [0.3, 0.4) is 0 Å². The second kappa shape index (κ2) is 12.1. The van der Waals surface area contributed by atoms with Crippen LogP contribution in [0.2, 0.25) is 5.02 Å². The van der Waals surface area contributed by atoms with Crippen molar-refractivity contribution in [2.24, 2.45) is 0 Å². The molecule has 0 fully saturated rings. The second-order valence-electron chi connectivity index (χ2n) is 9.09. The van der Waals surface area contributed by atoms with Crippen molar-refractivity contribution in [1.29, 1.82) is 0 Å². The molecule has 0 saturated carbocycles. The van der Waals surface area contributed by atoms with Crippen molar-refractivity contribution < 1.29 is 26.9 Å². The monoisotopic (exact) mass is 588 g/mol. The molecule has 0 aliphatic rings. The lowest BCUT2D eigenvalue weighted by Gasteiger charge is -2.25. The topological polar surface area (TPSA) is 143 Å². The minimum absolute atomic E-state index is 0.0344. The van der Waals surface area contributed by atoms with Gasteiger partial charge in [-0.1, -0.05) is 54.9 Å². The number of sulfonamides is 1. The van der Waals surface area contributed by atoms with Crippen molar-refractivity contribution >= 4 is 27.5 Å². The van der Waals surface area contributed by atoms with Gasteiger partial charge in [-0.2, -0.15) is 4.72 Å². The summed E-state index contributed by atoms with van der Waals surface area (Å²) in [5.41, 5.74) is 4.28. The SMILES string of the molecule is Cc1ccc(F)c([C@@H](C)[C@H](NS(=O)(=O)c2ccc(Cl)cc2C(=O)NOCc2ccccc2)c2n[nH]c(=O)o2)c1C. The van der Waals surface area contributed by atoms with Gasteiger partial charge >= 0.3 is 5.76 Å². The van der Waals surface area contributed by atoms with Gasteiger partial charge in [-0.05, 0) is 60.4 Å². The Morgan fingerprint density at radius 2 is 1.88 bits per heavy atom. The van der Waals surface area contributed by atoms with Crippen molar-refractivity contribution in [2.75, 3.05) is 0 Å². The highest BCUT2D eigenvalue weighted by molar-refractivity contribution is 7.89. The Balaban J connectivity index is 1.67. The van der Waals surface area contributed by atoms with Gasteiger partial charge < -0.3 is 4.42 Å². The Labute approximate surface area is 234 Å². The summed E-state index contributed by atoms with van der Waals surface area (Å²) in [7, 11) is -4.52. The van der Waals surface area contributed by atoms with Crippen LogP contribution in [0.5, 0.6) is 0 Å². The van der Waals surface area contributed by atoms with E-state index >= 15 is 0 Å². The maximum atomic E-state index is 15.0. The van der Waals surface area contributed by atoms with E-state index in [-0.39, 0.29) is 28.6 Å². The van der Waals surface area contributed by atoms with E-state index in [0.29, 0.717) is 5.56 Å². The van der Waals surface area contributed by atoms with Gasteiger partial charge in [-0.15, -0.1) is 5.10 Å². The smallest absolute Gasteiger partial charge is 0.391 e. The normalized spacial score (nSPS) is 13.1. The maximum absolute atomic E-state index is 15.0. The number of aromatic amines is 1. The average molecular weight is 589 g/mol. The van der Waals surface area contributed by atoms with Crippen LogP contribution in [0.1, 0.15) is 57.4 Å². The lowest BCUT2D eigenvalue weighted by molar-refractivity contribution is 0.0231. The van der Waals surface area contributed by atoms with Crippen LogP contribution in [0.15, 0.2) is 74.8 Å². The van der Waals surface area contributed by atoms with E-state index in [4.69, 9.17) is 20.9 Å². The maximum Gasteiger partial charge on any atom is 0.434 e. The number of amides is 1. The van der Waals surface area contributed by atoms with E-state index in [2.05, 4.69) is 20.4 Å². The summed E-state index contributed by atoms with van der Waals surface area (Å²) in [5, 5.41) is 5.99. The van der Waals surface area contributed by atoms with Crippen molar-refractivity contribution in [2.45, 2.75) is 44.2 Å². The molecule has 1 heterocycles. The molecule has 210 valence electrons. The lowest BCUT2D eigenvalue weighted by atomic mass is 9.88. The third kappa shape index (κ3) is 6.48. The van der Waals surface area contributed by atoms with Crippen LogP contribution < -0.4 is 16.0 Å². The summed E-state index contributed by atoms with van der Waals surface area (Å²) in [6, 6.07) is 14.2. The molecule has 4 rings (SSSR count). The number of halogens is 2. The standard InChI is InChI=1S/C27H26ClFN4O6S/c1-15-9-11-21(29)23(16(15)2)17(3)24(26-30-31-27(35)39-26)33-40(36,37)22-12-10-19(28)13-20(22)25(34)32-38-14-18-7-5-4-6-8-18/h4-13,17,24,33H,14H2,1-3H3,(H,31,35)(H,32,34)/t17-,24+/m1/s1. The predicted molar refractivity (Wildman–Crippen MR) is 145 cm³/mol. The van der Waals surface area contributed by atoms with Crippen LogP contribution in [-0.2, 0) is 21.5 Å². The van der Waals surface area contributed by atoms with Gasteiger partial charge in [-0.25, -0.2) is 28.2 Å². The molecule has 2 atom stereocenters. The van der Waals surface area contributed by atoms with Crippen LogP contribution in [0, 0.1) is 19.7 Å². The molecule has 40 heavy (non-hydrogen) atoms. The van der Waals surface area contributed by atoms with Gasteiger partial charge in [0.25, 0.3) is 5.91 Å². The molecule has 0 saturated heterocycles.